The van der Waals surface area contributed by atoms with Crippen molar-refractivity contribution in [1.29, 1.82) is 0 Å². The quantitative estimate of drug-likeness (QED) is 0.267. The van der Waals surface area contributed by atoms with Crippen LogP contribution in [0.1, 0.15) is 24.8 Å². The Kier molecular flexibility index (Phi) is 5.73. The number of allylic oxidation sites excluding steroid dienone is 1. The molecule has 30 heavy (non-hydrogen) atoms. The Morgan fingerprint density at radius 2 is 2.00 bits per heavy atom. The fourth-order valence-electron chi connectivity index (χ4n) is 4.55. The molecule has 158 valence electrons. The molecule has 0 N–H and O–H groups in total. The number of halogens is 2. The van der Waals surface area contributed by atoms with Gasteiger partial charge >= 0.3 is 186 Å². The average Bonchev–Trinajstić information content (AvgIpc) is 3.19. The van der Waals surface area contributed by atoms with Gasteiger partial charge in [0.2, 0.25) is 0 Å². The second-order valence-corrected chi connectivity index (χ2v) is 11.2. The van der Waals surface area contributed by atoms with Crippen molar-refractivity contribution < 1.29 is 25.6 Å². The Hall–Kier alpha value is -2.00. The van der Waals surface area contributed by atoms with E-state index >= 15 is 0 Å². The molecule has 2 aromatic heterocycles. The van der Waals surface area contributed by atoms with Gasteiger partial charge in [-0.2, -0.15) is 0 Å². The maximum atomic E-state index is 13.9. The first-order valence-electron chi connectivity index (χ1n) is 10.5. The van der Waals surface area contributed by atoms with Crippen LogP contribution in [0, 0.1) is 11.7 Å². The molecule has 0 radical (unpaired) electrons. The van der Waals surface area contributed by atoms with Gasteiger partial charge in [-0.15, -0.1) is 0 Å². The minimum atomic E-state index is -0.149. The summed E-state index contributed by atoms with van der Waals surface area (Å²) in [6.45, 7) is 1.69. The second kappa shape index (κ2) is 8.63. The molecule has 4 heterocycles. The van der Waals surface area contributed by atoms with Crippen LogP contribution in [0.4, 0.5) is 4.39 Å². The first-order valence-corrected chi connectivity index (χ1v) is 13.3. The predicted octanol–water partition coefficient (Wildman–Crippen LogP) is 0.248. The number of rotatable bonds is 6. The molecule has 3 unspecified atom stereocenters. The maximum absolute atomic E-state index is 13.9. The summed E-state index contributed by atoms with van der Waals surface area (Å²) in [5.41, 5.74) is 1.33. The first kappa shape index (κ1) is 19.9. The molecule has 7 heteroatoms. The number of pyridine rings is 1. The van der Waals surface area contributed by atoms with E-state index in [2.05, 4.69) is 16.1 Å². The van der Waals surface area contributed by atoms with Gasteiger partial charge in [0.1, 0.15) is 0 Å². The Bertz CT molecular complexity index is 1110. The van der Waals surface area contributed by atoms with Crippen LogP contribution in [0.15, 0.2) is 59.5 Å². The van der Waals surface area contributed by atoms with E-state index in [1.807, 2.05) is 36.4 Å². The van der Waals surface area contributed by atoms with Crippen molar-refractivity contribution in [1.82, 2.24) is 19.1 Å². The van der Waals surface area contributed by atoms with E-state index in [1.165, 1.54) is 16.9 Å². The number of aryl methyl sites for hydroxylation is 1. The Balaban J connectivity index is 1.18. The number of hydrogen-bond donors (Lipinski definition) is 0. The fourth-order valence-corrected chi connectivity index (χ4v) is 8.84. The first-order chi connectivity index (χ1) is 14.7. The molecule has 2 bridgehead atoms. The molecular weight excluding hydrogens is 494 g/mol. The zero-order chi connectivity index (χ0) is 20.5. The van der Waals surface area contributed by atoms with Gasteiger partial charge in [0, 0.05) is 0 Å². The van der Waals surface area contributed by atoms with E-state index in [0.717, 1.165) is 19.4 Å². The van der Waals surface area contributed by atoms with Crippen LogP contribution in [-0.4, -0.2) is 40.1 Å². The van der Waals surface area contributed by atoms with Crippen molar-refractivity contribution in [3.05, 3.63) is 76.6 Å². The van der Waals surface area contributed by atoms with Crippen molar-refractivity contribution in [2.24, 2.45) is 5.92 Å². The summed E-state index contributed by atoms with van der Waals surface area (Å²) in [5, 5.41) is 4.44. The Morgan fingerprint density at radius 3 is 2.83 bits per heavy atom. The number of aromatic nitrogens is 3. The van der Waals surface area contributed by atoms with Crippen LogP contribution in [0.3, 0.4) is 0 Å². The van der Waals surface area contributed by atoms with E-state index in [9.17, 15) is 9.18 Å². The van der Waals surface area contributed by atoms with Crippen molar-refractivity contribution >= 4 is 11.7 Å². The topological polar surface area (TPSA) is 42.5 Å². The van der Waals surface area contributed by atoms with Crippen molar-refractivity contribution in [3.8, 4) is 0 Å². The van der Waals surface area contributed by atoms with Gasteiger partial charge in [-0.1, -0.05) is 0 Å². The number of fused-ring (bicyclic) bond motifs is 3. The van der Waals surface area contributed by atoms with Crippen molar-refractivity contribution in [2.75, 3.05) is 11.0 Å². The molecule has 0 amide bonds. The van der Waals surface area contributed by atoms with E-state index in [4.69, 9.17) is 0 Å². The third-order valence-electron chi connectivity index (χ3n) is 6.07. The standard InChI is InChI=1S/C23H25FIN4O/c24-20-7-2-1-6-18(20)10-9-17-14-19-16-25-21(15-17)27(19)12-5-13-29-23(30)28-11-4-3-8-22(28)26-29/h1-4,6-11,17,19,21H,5,12-16H2/q-1/b10-9+. The SMILES string of the molecule is O=c1n(CCCN2C3C[I-]C2CC(/C=C/c2ccccc2F)C3)nc2ccccn12. The summed E-state index contributed by atoms with van der Waals surface area (Å²) in [4.78, 5) is 15.1. The summed E-state index contributed by atoms with van der Waals surface area (Å²) in [7, 11) is 0. The van der Waals surface area contributed by atoms with E-state index < -0.39 is 0 Å². The molecule has 2 aliphatic rings. The molecule has 3 atom stereocenters. The van der Waals surface area contributed by atoms with Gasteiger partial charge in [-0.05, 0) is 0 Å². The molecule has 1 aromatic carbocycles. The van der Waals surface area contributed by atoms with Crippen molar-refractivity contribution in [2.45, 2.75) is 35.9 Å². The summed E-state index contributed by atoms with van der Waals surface area (Å²) < 4.78 is 19.1. The second-order valence-electron chi connectivity index (χ2n) is 8.03. The number of alkyl halides is 2. The number of piperidine rings is 1. The molecule has 0 aliphatic carbocycles. The molecule has 2 saturated heterocycles. The molecule has 5 nitrogen and oxygen atoms in total. The third-order valence-corrected chi connectivity index (χ3v) is 9.84. The molecule has 2 aliphatic heterocycles. The zero-order valence-electron chi connectivity index (χ0n) is 16.7. The van der Waals surface area contributed by atoms with E-state index in [-0.39, 0.29) is 32.7 Å². The summed E-state index contributed by atoms with van der Waals surface area (Å²) in [6.07, 6.45) is 9.24. The zero-order valence-corrected chi connectivity index (χ0v) is 18.9. The Morgan fingerprint density at radius 1 is 1.13 bits per heavy atom. The normalized spacial score (nSPS) is 24.5. The van der Waals surface area contributed by atoms with Crippen LogP contribution in [0.5, 0.6) is 0 Å². The number of nitrogens with zero attached hydrogens (tertiary/aromatic N) is 4. The van der Waals surface area contributed by atoms with Gasteiger partial charge in [-0.3, -0.25) is 0 Å². The van der Waals surface area contributed by atoms with Crippen LogP contribution in [-0.2, 0) is 6.54 Å². The van der Waals surface area contributed by atoms with Gasteiger partial charge in [0.15, 0.2) is 0 Å². The third kappa shape index (κ3) is 3.97. The average molecular weight is 519 g/mol. The summed E-state index contributed by atoms with van der Waals surface area (Å²) in [5.74, 6) is 0.392. The van der Waals surface area contributed by atoms with Gasteiger partial charge in [-0.25, -0.2) is 0 Å². The monoisotopic (exact) mass is 519 g/mol. The van der Waals surface area contributed by atoms with Gasteiger partial charge in [0.25, 0.3) is 0 Å². The molecule has 0 saturated carbocycles. The minimum absolute atomic E-state index is 0.0574. The molecular formula is C23H25FIN4O-. The Labute approximate surface area is 185 Å². The van der Waals surface area contributed by atoms with Gasteiger partial charge < -0.3 is 0 Å². The number of hydrogen-bond acceptors (Lipinski definition) is 3. The predicted molar refractivity (Wildman–Crippen MR) is 111 cm³/mol. The van der Waals surface area contributed by atoms with Gasteiger partial charge in [0.05, 0.1) is 0 Å². The van der Waals surface area contributed by atoms with Crippen LogP contribution >= 0.6 is 0 Å². The molecule has 0 spiro atoms. The molecule has 3 aromatic rings. The van der Waals surface area contributed by atoms with E-state index in [0.29, 0.717) is 33.8 Å². The van der Waals surface area contributed by atoms with E-state index in [1.54, 1.807) is 21.3 Å². The van der Waals surface area contributed by atoms with Crippen molar-refractivity contribution in [3.63, 3.8) is 0 Å². The molecule has 5 rings (SSSR count). The van der Waals surface area contributed by atoms with Crippen LogP contribution in [0.2, 0.25) is 0 Å². The van der Waals surface area contributed by atoms with Crippen LogP contribution in [0.25, 0.3) is 11.7 Å². The number of benzene rings is 1. The molecule has 2 fully saturated rings. The van der Waals surface area contributed by atoms with Crippen LogP contribution < -0.4 is 26.9 Å². The summed E-state index contributed by atoms with van der Waals surface area (Å²) >= 11 is 0.192. The summed E-state index contributed by atoms with van der Waals surface area (Å²) in [6, 6.07) is 13.2. The fraction of sp³-hybridized carbons (Fsp3) is 0.391.